The molecule has 1 fully saturated rings. The Morgan fingerprint density at radius 2 is 2.37 bits per heavy atom. The van der Waals surface area contributed by atoms with Gasteiger partial charge in [0, 0.05) is 29.2 Å². The molecular formula is C13H18BrN3O2. The van der Waals surface area contributed by atoms with Crippen molar-refractivity contribution in [2.24, 2.45) is 5.92 Å². The molecule has 1 aromatic rings. The Bertz CT molecular complexity index is 467. The molecule has 1 aromatic carbocycles. The van der Waals surface area contributed by atoms with E-state index in [9.17, 15) is 10.1 Å². The largest absolute Gasteiger partial charge is 0.319 e. The van der Waals surface area contributed by atoms with E-state index in [1.54, 1.807) is 6.07 Å². The van der Waals surface area contributed by atoms with Crippen molar-refractivity contribution in [2.75, 3.05) is 26.7 Å². The maximum Gasteiger partial charge on any atom is 0.275 e. The number of hydrogen-bond acceptors (Lipinski definition) is 4. The van der Waals surface area contributed by atoms with E-state index in [-0.39, 0.29) is 10.6 Å². The molecule has 0 aliphatic carbocycles. The van der Waals surface area contributed by atoms with E-state index in [4.69, 9.17) is 0 Å². The van der Waals surface area contributed by atoms with Gasteiger partial charge in [0.25, 0.3) is 5.69 Å². The summed E-state index contributed by atoms with van der Waals surface area (Å²) in [5, 5.41) is 14.3. The number of rotatable bonds is 5. The fraction of sp³-hybridized carbons (Fsp3) is 0.538. The van der Waals surface area contributed by atoms with Crippen LogP contribution in [0.3, 0.4) is 0 Å². The van der Waals surface area contributed by atoms with Gasteiger partial charge in [-0.05, 0) is 44.6 Å². The minimum atomic E-state index is -0.304. The van der Waals surface area contributed by atoms with Crippen molar-refractivity contribution in [1.29, 1.82) is 0 Å². The standard InChI is InChI=1S/C13H18BrN3O2/c1-15-7-10-4-5-16(8-10)9-11-2-3-12(14)6-13(11)17(18)19/h2-3,6,10,15H,4-5,7-9H2,1H3. The van der Waals surface area contributed by atoms with Gasteiger partial charge in [-0.1, -0.05) is 15.9 Å². The van der Waals surface area contributed by atoms with Crippen LogP contribution in [-0.4, -0.2) is 36.5 Å². The summed E-state index contributed by atoms with van der Waals surface area (Å²) in [5.74, 6) is 0.652. The average Bonchev–Trinajstić information content (AvgIpc) is 2.79. The molecule has 6 heteroatoms. The van der Waals surface area contributed by atoms with Gasteiger partial charge in [0.1, 0.15) is 0 Å². The predicted octanol–water partition coefficient (Wildman–Crippen LogP) is 2.40. The number of hydrogen-bond donors (Lipinski definition) is 1. The summed E-state index contributed by atoms with van der Waals surface area (Å²) in [5.41, 5.74) is 0.991. The molecule has 0 saturated carbocycles. The highest BCUT2D eigenvalue weighted by molar-refractivity contribution is 9.10. The molecule has 1 heterocycles. The van der Waals surface area contributed by atoms with Crippen molar-refractivity contribution in [2.45, 2.75) is 13.0 Å². The molecule has 0 radical (unpaired) electrons. The molecular weight excluding hydrogens is 310 g/mol. The molecule has 1 unspecified atom stereocenters. The Morgan fingerprint density at radius 3 is 3.05 bits per heavy atom. The number of nitrogens with zero attached hydrogens (tertiary/aromatic N) is 2. The number of halogens is 1. The van der Waals surface area contributed by atoms with Crippen molar-refractivity contribution < 1.29 is 4.92 Å². The topological polar surface area (TPSA) is 58.4 Å². The van der Waals surface area contributed by atoms with Gasteiger partial charge in [-0.25, -0.2) is 0 Å². The number of nitro benzene ring substituents is 1. The second kappa shape index (κ2) is 6.45. The SMILES string of the molecule is CNCC1CCN(Cc2ccc(Br)cc2[N+](=O)[O-])C1. The molecule has 19 heavy (non-hydrogen) atoms. The Kier molecular flexibility index (Phi) is 4.90. The molecule has 1 atom stereocenters. The van der Waals surface area contributed by atoms with Crippen LogP contribution in [0.1, 0.15) is 12.0 Å². The van der Waals surface area contributed by atoms with Crippen LogP contribution >= 0.6 is 15.9 Å². The minimum absolute atomic E-state index is 0.200. The zero-order valence-corrected chi connectivity index (χ0v) is 12.5. The van der Waals surface area contributed by atoms with Crippen molar-refractivity contribution in [3.05, 3.63) is 38.3 Å². The highest BCUT2D eigenvalue weighted by atomic mass is 79.9. The Morgan fingerprint density at radius 1 is 1.58 bits per heavy atom. The maximum absolute atomic E-state index is 11.1. The number of benzene rings is 1. The van der Waals surface area contributed by atoms with Gasteiger partial charge in [-0.15, -0.1) is 0 Å². The van der Waals surface area contributed by atoms with Crippen LogP contribution in [-0.2, 0) is 6.54 Å². The average molecular weight is 328 g/mol. The Hall–Kier alpha value is -0.980. The molecule has 2 rings (SSSR count). The predicted molar refractivity (Wildman–Crippen MR) is 78.1 cm³/mol. The van der Waals surface area contributed by atoms with Gasteiger partial charge in [-0.2, -0.15) is 0 Å². The molecule has 5 nitrogen and oxygen atoms in total. The van der Waals surface area contributed by atoms with Crippen molar-refractivity contribution >= 4 is 21.6 Å². The number of likely N-dealkylation sites (tertiary alicyclic amines) is 1. The van der Waals surface area contributed by atoms with E-state index in [0.717, 1.165) is 36.1 Å². The third kappa shape index (κ3) is 3.75. The zero-order chi connectivity index (χ0) is 13.8. The summed E-state index contributed by atoms with van der Waals surface area (Å²) in [4.78, 5) is 13.1. The summed E-state index contributed by atoms with van der Waals surface area (Å²) < 4.78 is 0.748. The van der Waals surface area contributed by atoms with E-state index >= 15 is 0 Å². The van der Waals surface area contributed by atoms with Gasteiger partial charge in [0.2, 0.25) is 0 Å². The minimum Gasteiger partial charge on any atom is -0.319 e. The first-order valence-electron chi connectivity index (χ1n) is 6.40. The quantitative estimate of drug-likeness (QED) is 0.666. The lowest BCUT2D eigenvalue weighted by Crippen LogP contribution is -2.24. The van der Waals surface area contributed by atoms with Gasteiger partial charge >= 0.3 is 0 Å². The first-order valence-corrected chi connectivity index (χ1v) is 7.19. The van der Waals surface area contributed by atoms with Crippen LogP contribution in [0, 0.1) is 16.0 Å². The third-order valence-electron chi connectivity index (χ3n) is 3.50. The molecule has 0 spiro atoms. The third-order valence-corrected chi connectivity index (χ3v) is 3.99. The summed E-state index contributed by atoms with van der Waals surface area (Å²) in [6.45, 7) is 3.69. The van der Waals surface area contributed by atoms with Gasteiger partial charge in [-0.3, -0.25) is 15.0 Å². The Balaban J connectivity index is 2.05. The molecule has 1 saturated heterocycles. The molecule has 104 valence electrons. The second-order valence-corrected chi connectivity index (χ2v) is 5.89. The van der Waals surface area contributed by atoms with Crippen LogP contribution in [0.15, 0.2) is 22.7 Å². The number of nitro groups is 1. The normalized spacial score (nSPS) is 19.8. The Labute approximate surface area is 121 Å². The highest BCUT2D eigenvalue weighted by Crippen LogP contribution is 2.26. The molecule has 1 aliphatic rings. The molecule has 1 aliphatic heterocycles. The highest BCUT2D eigenvalue weighted by Gasteiger charge is 2.24. The maximum atomic E-state index is 11.1. The van der Waals surface area contributed by atoms with Gasteiger partial charge in [0.15, 0.2) is 0 Å². The lowest BCUT2D eigenvalue weighted by Gasteiger charge is -2.16. The summed E-state index contributed by atoms with van der Waals surface area (Å²) in [7, 11) is 1.96. The fourth-order valence-electron chi connectivity index (χ4n) is 2.59. The van der Waals surface area contributed by atoms with Crippen LogP contribution in [0.2, 0.25) is 0 Å². The van der Waals surface area contributed by atoms with Crippen LogP contribution in [0.5, 0.6) is 0 Å². The molecule has 0 aromatic heterocycles. The zero-order valence-electron chi connectivity index (χ0n) is 10.9. The van der Waals surface area contributed by atoms with Crippen molar-refractivity contribution in [1.82, 2.24) is 10.2 Å². The van der Waals surface area contributed by atoms with E-state index in [0.29, 0.717) is 12.5 Å². The van der Waals surface area contributed by atoms with Gasteiger partial charge in [0.05, 0.1) is 4.92 Å². The van der Waals surface area contributed by atoms with E-state index < -0.39 is 0 Å². The summed E-state index contributed by atoms with van der Waals surface area (Å²) in [6.07, 6.45) is 1.16. The summed E-state index contributed by atoms with van der Waals surface area (Å²) >= 11 is 3.28. The lowest BCUT2D eigenvalue weighted by molar-refractivity contribution is -0.385. The smallest absolute Gasteiger partial charge is 0.275 e. The number of nitrogens with one attached hydrogen (secondary N) is 1. The molecule has 1 N–H and O–H groups in total. The van der Waals surface area contributed by atoms with E-state index in [1.165, 1.54) is 0 Å². The van der Waals surface area contributed by atoms with Crippen molar-refractivity contribution in [3.8, 4) is 0 Å². The first kappa shape index (κ1) is 14.4. The van der Waals surface area contributed by atoms with Crippen LogP contribution < -0.4 is 5.32 Å². The molecule has 0 amide bonds. The van der Waals surface area contributed by atoms with Crippen LogP contribution in [0.25, 0.3) is 0 Å². The second-order valence-electron chi connectivity index (χ2n) is 4.98. The monoisotopic (exact) mass is 327 g/mol. The van der Waals surface area contributed by atoms with Crippen LogP contribution in [0.4, 0.5) is 5.69 Å². The van der Waals surface area contributed by atoms with E-state index in [1.807, 2.05) is 19.2 Å². The summed E-state index contributed by atoms with van der Waals surface area (Å²) in [6, 6.07) is 5.29. The van der Waals surface area contributed by atoms with E-state index in [2.05, 4.69) is 26.1 Å². The molecule has 0 bridgehead atoms. The lowest BCUT2D eigenvalue weighted by atomic mass is 10.1. The van der Waals surface area contributed by atoms with Gasteiger partial charge < -0.3 is 5.32 Å². The van der Waals surface area contributed by atoms with Crippen molar-refractivity contribution in [3.63, 3.8) is 0 Å². The fourth-order valence-corrected chi connectivity index (χ4v) is 2.94. The first-order chi connectivity index (χ1) is 9.10.